The van der Waals surface area contributed by atoms with E-state index < -0.39 is 0 Å². The second-order valence-corrected chi connectivity index (χ2v) is 6.58. The summed E-state index contributed by atoms with van der Waals surface area (Å²) in [5.74, 6) is -0.0312. The first-order valence-electron chi connectivity index (χ1n) is 6.87. The molecule has 1 atom stereocenters. The summed E-state index contributed by atoms with van der Waals surface area (Å²) in [5.41, 5.74) is 2.51. The summed E-state index contributed by atoms with van der Waals surface area (Å²) in [4.78, 5) is 19.9. The molecule has 4 nitrogen and oxygen atoms in total. The van der Waals surface area contributed by atoms with E-state index in [1.165, 1.54) is 4.88 Å². The van der Waals surface area contributed by atoms with Gasteiger partial charge >= 0.3 is 0 Å². The number of hydrogen-bond donors (Lipinski definition) is 1. The number of nitrogens with one attached hydrogen (secondary N) is 1. The van der Waals surface area contributed by atoms with Crippen LogP contribution in [0.2, 0.25) is 5.02 Å². The Hall–Kier alpha value is -1.43. The van der Waals surface area contributed by atoms with Gasteiger partial charge in [-0.2, -0.15) is 0 Å². The number of amides is 1. The van der Waals surface area contributed by atoms with Crippen LogP contribution >= 0.6 is 22.9 Å². The maximum atomic E-state index is 12.2. The molecular weight excluding hydrogens is 306 g/mol. The number of halogens is 1. The average Bonchev–Trinajstić information content (AvgIpc) is 3.12. The lowest BCUT2D eigenvalue weighted by atomic mass is 10.2. The fourth-order valence-corrected chi connectivity index (χ4v) is 3.27. The number of nitrogens with zero attached hydrogens (tertiary/aromatic N) is 2. The second kappa shape index (κ2) is 6.56. The number of thiazole rings is 1. The normalized spacial score (nSPS) is 18.8. The summed E-state index contributed by atoms with van der Waals surface area (Å²) in [6.07, 6.45) is 2.89. The fraction of sp³-hybridized carbons (Fsp3) is 0.333. The summed E-state index contributed by atoms with van der Waals surface area (Å²) in [5, 5.41) is 3.73. The molecule has 1 aliphatic rings. The third-order valence-electron chi connectivity index (χ3n) is 3.58. The van der Waals surface area contributed by atoms with Crippen LogP contribution in [0.15, 0.2) is 36.0 Å². The van der Waals surface area contributed by atoms with Crippen LogP contribution in [-0.2, 0) is 6.54 Å². The number of benzene rings is 1. The highest BCUT2D eigenvalue weighted by atomic mass is 35.5. The molecule has 0 radical (unpaired) electrons. The van der Waals surface area contributed by atoms with Gasteiger partial charge in [-0.05, 0) is 30.7 Å². The van der Waals surface area contributed by atoms with Crippen LogP contribution in [0.3, 0.4) is 0 Å². The Kier molecular flexibility index (Phi) is 4.53. The van der Waals surface area contributed by atoms with Crippen LogP contribution in [0, 0.1) is 0 Å². The molecule has 0 unspecified atom stereocenters. The van der Waals surface area contributed by atoms with Gasteiger partial charge in [0.2, 0.25) is 0 Å². The molecule has 1 aromatic carbocycles. The molecule has 0 bridgehead atoms. The van der Waals surface area contributed by atoms with Crippen molar-refractivity contribution in [3.63, 3.8) is 0 Å². The second-order valence-electron chi connectivity index (χ2n) is 5.17. The predicted octanol–water partition coefficient (Wildman–Crippen LogP) is 2.80. The highest BCUT2D eigenvalue weighted by molar-refractivity contribution is 7.09. The molecule has 110 valence electrons. The summed E-state index contributed by atoms with van der Waals surface area (Å²) in [6.45, 7) is 2.80. The van der Waals surface area contributed by atoms with Gasteiger partial charge in [-0.3, -0.25) is 14.7 Å². The maximum Gasteiger partial charge on any atom is 0.251 e. The Balaban J connectivity index is 1.52. The molecule has 0 aliphatic carbocycles. The number of likely N-dealkylation sites (tertiary alicyclic amines) is 1. The lowest BCUT2D eigenvalue weighted by molar-refractivity contribution is 0.0937. The lowest BCUT2D eigenvalue weighted by Gasteiger charge is -2.15. The van der Waals surface area contributed by atoms with Crippen LogP contribution in [0.1, 0.15) is 21.7 Å². The minimum absolute atomic E-state index is 0.0312. The standard InChI is InChI=1S/C15H16ClN3OS/c16-12-3-1-11(2-4-12)15(20)18-13-5-6-19(8-13)9-14-7-17-10-21-14/h1-4,7,10,13H,5-6,8-9H2,(H,18,20)/t13-/m0/s1. The highest BCUT2D eigenvalue weighted by Crippen LogP contribution is 2.16. The topological polar surface area (TPSA) is 45.2 Å². The molecular formula is C15H16ClN3OS. The highest BCUT2D eigenvalue weighted by Gasteiger charge is 2.24. The molecule has 1 aliphatic heterocycles. The monoisotopic (exact) mass is 321 g/mol. The van der Waals surface area contributed by atoms with Gasteiger partial charge in [0.1, 0.15) is 0 Å². The molecule has 2 heterocycles. The SMILES string of the molecule is O=C(N[C@H]1CCN(Cc2cncs2)C1)c1ccc(Cl)cc1. The quantitative estimate of drug-likeness (QED) is 0.942. The van der Waals surface area contributed by atoms with E-state index in [0.717, 1.165) is 26.1 Å². The van der Waals surface area contributed by atoms with Crippen LogP contribution < -0.4 is 5.32 Å². The summed E-state index contributed by atoms with van der Waals surface area (Å²) in [7, 11) is 0. The van der Waals surface area contributed by atoms with E-state index in [9.17, 15) is 4.79 Å². The van der Waals surface area contributed by atoms with Crippen molar-refractivity contribution in [2.24, 2.45) is 0 Å². The van der Waals surface area contributed by atoms with Gasteiger partial charge < -0.3 is 5.32 Å². The predicted molar refractivity (Wildman–Crippen MR) is 84.7 cm³/mol. The van der Waals surface area contributed by atoms with Crippen molar-refractivity contribution >= 4 is 28.8 Å². The molecule has 21 heavy (non-hydrogen) atoms. The van der Waals surface area contributed by atoms with Gasteiger partial charge in [0, 0.05) is 47.3 Å². The van der Waals surface area contributed by atoms with Crippen LogP contribution in [0.5, 0.6) is 0 Å². The zero-order chi connectivity index (χ0) is 14.7. The minimum atomic E-state index is -0.0312. The van der Waals surface area contributed by atoms with E-state index in [4.69, 9.17) is 11.6 Å². The lowest BCUT2D eigenvalue weighted by Crippen LogP contribution is -2.36. The Morgan fingerprint density at radius 3 is 2.95 bits per heavy atom. The van der Waals surface area contributed by atoms with Crippen molar-refractivity contribution in [2.75, 3.05) is 13.1 Å². The van der Waals surface area contributed by atoms with Crippen molar-refractivity contribution in [1.82, 2.24) is 15.2 Å². The number of carbonyl (C=O) groups is 1. The van der Waals surface area contributed by atoms with Crippen molar-refractivity contribution in [1.29, 1.82) is 0 Å². The molecule has 1 saturated heterocycles. The first-order valence-corrected chi connectivity index (χ1v) is 8.12. The Labute approximate surface area is 132 Å². The van der Waals surface area contributed by atoms with Gasteiger partial charge in [-0.25, -0.2) is 0 Å². The molecule has 0 saturated carbocycles. The van der Waals surface area contributed by atoms with Gasteiger partial charge in [0.25, 0.3) is 5.91 Å². The Morgan fingerprint density at radius 1 is 1.43 bits per heavy atom. The third-order valence-corrected chi connectivity index (χ3v) is 4.59. The first-order chi connectivity index (χ1) is 10.2. The average molecular weight is 322 g/mol. The Bertz CT molecular complexity index is 600. The van der Waals surface area contributed by atoms with Crippen LogP contribution in [0.25, 0.3) is 0 Å². The first kappa shape index (κ1) is 14.5. The van der Waals surface area contributed by atoms with Crippen molar-refractivity contribution in [2.45, 2.75) is 19.0 Å². The number of hydrogen-bond acceptors (Lipinski definition) is 4. The number of aromatic nitrogens is 1. The molecule has 1 N–H and O–H groups in total. The number of rotatable bonds is 4. The molecule has 1 aromatic heterocycles. The summed E-state index contributed by atoms with van der Waals surface area (Å²) < 4.78 is 0. The molecule has 6 heteroatoms. The maximum absolute atomic E-state index is 12.2. The van der Waals surface area contributed by atoms with Crippen LogP contribution in [0.4, 0.5) is 0 Å². The molecule has 1 fully saturated rings. The van der Waals surface area contributed by atoms with E-state index in [0.29, 0.717) is 10.6 Å². The summed E-state index contributed by atoms with van der Waals surface area (Å²) in [6, 6.07) is 7.19. The third kappa shape index (κ3) is 3.81. The van der Waals surface area contributed by atoms with Crippen molar-refractivity contribution in [3.05, 3.63) is 51.4 Å². The van der Waals surface area contributed by atoms with Crippen molar-refractivity contribution in [3.8, 4) is 0 Å². The van der Waals surface area contributed by atoms with E-state index in [-0.39, 0.29) is 11.9 Å². The zero-order valence-electron chi connectivity index (χ0n) is 11.5. The molecule has 3 rings (SSSR count). The molecule has 2 aromatic rings. The fourth-order valence-electron chi connectivity index (χ4n) is 2.50. The van der Waals surface area contributed by atoms with Crippen LogP contribution in [-0.4, -0.2) is 34.9 Å². The van der Waals surface area contributed by atoms with E-state index in [1.807, 2.05) is 11.7 Å². The summed E-state index contributed by atoms with van der Waals surface area (Å²) >= 11 is 7.50. The van der Waals surface area contributed by atoms with E-state index >= 15 is 0 Å². The van der Waals surface area contributed by atoms with E-state index in [1.54, 1.807) is 35.6 Å². The van der Waals surface area contributed by atoms with Gasteiger partial charge in [0.05, 0.1) is 5.51 Å². The smallest absolute Gasteiger partial charge is 0.251 e. The largest absolute Gasteiger partial charge is 0.348 e. The zero-order valence-corrected chi connectivity index (χ0v) is 13.0. The van der Waals surface area contributed by atoms with E-state index in [2.05, 4.69) is 15.2 Å². The minimum Gasteiger partial charge on any atom is -0.348 e. The number of carbonyl (C=O) groups excluding carboxylic acids is 1. The molecule has 1 amide bonds. The Morgan fingerprint density at radius 2 is 2.24 bits per heavy atom. The van der Waals surface area contributed by atoms with Gasteiger partial charge in [-0.1, -0.05) is 11.6 Å². The molecule has 0 spiro atoms. The van der Waals surface area contributed by atoms with Gasteiger partial charge in [0.15, 0.2) is 0 Å². The van der Waals surface area contributed by atoms with Gasteiger partial charge in [-0.15, -0.1) is 11.3 Å². The van der Waals surface area contributed by atoms with Crippen molar-refractivity contribution < 1.29 is 4.79 Å².